The molecule has 3 nitrogen and oxygen atoms in total. The number of carboxylic acids is 1. The lowest BCUT2D eigenvalue weighted by Gasteiger charge is -2.26. The van der Waals surface area contributed by atoms with Crippen LogP contribution in [0.5, 0.6) is 0 Å². The monoisotopic (exact) mass is 173 g/mol. The zero-order chi connectivity index (χ0) is 9.78. The molecule has 0 amide bonds. The Morgan fingerprint density at radius 3 is 2.33 bits per heavy atom. The van der Waals surface area contributed by atoms with Gasteiger partial charge in [-0.15, -0.1) is 0 Å². The van der Waals surface area contributed by atoms with Crippen LogP contribution in [0.1, 0.15) is 40.0 Å². The average Bonchev–Trinajstić information content (AvgIpc) is 1.84. The molecule has 0 saturated heterocycles. The summed E-state index contributed by atoms with van der Waals surface area (Å²) in [5.74, 6) is -0.740. The summed E-state index contributed by atoms with van der Waals surface area (Å²) in [5, 5.41) is 8.39. The van der Waals surface area contributed by atoms with E-state index in [0.29, 0.717) is 6.42 Å². The van der Waals surface area contributed by atoms with Crippen LogP contribution in [0.15, 0.2) is 0 Å². The molecule has 0 heterocycles. The number of rotatable bonds is 4. The van der Waals surface area contributed by atoms with Gasteiger partial charge in [-0.1, -0.05) is 20.8 Å². The molecule has 0 fully saturated rings. The molecule has 0 aromatic carbocycles. The lowest BCUT2D eigenvalue weighted by molar-refractivity contribution is -0.137. The molecular formula is C9H19NO2. The Hall–Kier alpha value is -0.570. The normalized spacial score (nSPS) is 14.3. The van der Waals surface area contributed by atoms with E-state index < -0.39 is 5.97 Å². The lowest BCUT2D eigenvalue weighted by atomic mass is 9.84. The van der Waals surface area contributed by atoms with Crippen LogP contribution in [0, 0.1) is 5.41 Å². The third-order valence-corrected chi connectivity index (χ3v) is 2.02. The Bertz CT molecular complexity index is 149. The van der Waals surface area contributed by atoms with Crippen molar-refractivity contribution in [3.05, 3.63) is 0 Å². The summed E-state index contributed by atoms with van der Waals surface area (Å²) in [4.78, 5) is 10.2. The average molecular weight is 173 g/mol. The van der Waals surface area contributed by atoms with Gasteiger partial charge in [-0.25, -0.2) is 0 Å². The minimum absolute atomic E-state index is 0.0818. The third-order valence-electron chi connectivity index (χ3n) is 2.02. The second-order valence-corrected chi connectivity index (χ2v) is 4.26. The molecule has 0 spiro atoms. The molecule has 0 saturated carbocycles. The molecular weight excluding hydrogens is 154 g/mol. The zero-order valence-electron chi connectivity index (χ0n) is 8.13. The van der Waals surface area contributed by atoms with E-state index in [0.717, 1.165) is 6.42 Å². The smallest absolute Gasteiger partial charge is 0.303 e. The minimum Gasteiger partial charge on any atom is -0.481 e. The Morgan fingerprint density at radius 1 is 1.50 bits per heavy atom. The van der Waals surface area contributed by atoms with Crippen molar-refractivity contribution in [2.45, 2.75) is 46.1 Å². The Labute approximate surface area is 74.0 Å². The second kappa shape index (κ2) is 4.45. The van der Waals surface area contributed by atoms with Gasteiger partial charge in [0.2, 0.25) is 0 Å². The molecule has 0 aromatic heterocycles. The summed E-state index contributed by atoms with van der Waals surface area (Å²) in [7, 11) is 0. The van der Waals surface area contributed by atoms with Crippen LogP contribution >= 0.6 is 0 Å². The molecule has 0 aliphatic carbocycles. The molecule has 3 heteroatoms. The standard InChI is InChI=1S/C9H19NO2/c1-9(2,3)7(10)5-4-6-8(11)12/h7H,4-6,10H2,1-3H3,(H,11,12). The van der Waals surface area contributed by atoms with E-state index in [1.54, 1.807) is 0 Å². The molecule has 0 aliphatic rings. The van der Waals surface area contributed by atoms with Crippen molar-refractivity contribution < 1.29 is 9.90 Å². The molecule has 0 aromatic rings. The summed E-state index contributed by atoms with van der Waals surface area (Å²) < 4.78 is 0. The van der Waals surface area contributed by atoms with Crippen LogP contribution in [0.3, 0.4) is 0 Å². The van der Waals surface area contributed by atoms with Gasteiger partial charge in [0, 0.05) is 12.5 Å². The molecule has 0 aliphatic heterocycles. The van der Waals surface area contributed by atoms with Crippen molar-refractivity contribution in [3.8, 4) is 0 Å². The predicted octanol–water partition coefficient (Wildman–Crippen LogP) is 1.61. The quantitative estimate of drug-likeness (QED) is 0.679. The second-order valence-electron chi connectivity index (χ2n) is 4.26. The van der Waals surface area contributed by atoms with Crippen molar-refractivity contribution >= 4 is 5.97 Å². The van der Waals surface area contributed by atoms with Gasteiger partial charge in [0.05, 0.1) is 0 Å². The fourth-order valence-electron chi connectivity index (χ4n) is 0.906. The number of aliphatic carboxylic acids is 1. The van der Waals surface area contributed by atoms with Crippen LogP contribution in [-0.4, -0.2) is 17.1 Å². The molecule has 12 heavy (non-hydrogen) atoms. The molecule has 72 valence electrons. The van der Waals surface area contributed by atoms with Gasteiger partial charge in [-0.3, -0.25) is 4.79 Å². The van der Waals surface area contributed by atoms with Crippen molar-refractivity contribution in [3.63, 3.8) is 0 Å². The Balaban J connectivity index is 3.58. The summed E-state index contributed by atoms with van der Waals surface area (Å²) in [6.07, 6.45) is 1.69. The highest BCUT2D eigenvalue weighted by Gasteiger charge is 2.19. The summed E-state index contributed by atoms with van der Waals surface area (Å²) in [5.41, 5.74) is 5.93. The largest absolute Gasteiger partial charge is 0.481 e. The first-order chi connectivity index (χ1) is 5.34. The fraction of sp³-hybridized carbons (Fsp3) is 0.889. The Morgan fingerprint density at radius 2 is 2.00 bits per heavy atom. The maximum Gasteiger partial charge on any atom is 0.303 e. The maximum atomic E-state index is 10.2. The Kier molecular flexibility index (Phi) is 4.24. The number of hydrogen-bond donors (Lipinski definition) is 2. The van der Waals surface area contributed by atoms with Gasteiger partial charge in [0.1, 0.15) is 0 Å². The lowest BCUT2D eigenvalue weighted by Crippen LogP contribution is -2.34. The van der Waals surface area contributed by atoms with Crippen LogP contribution in [0.2, 0.25) is 0 Å². The highest BCUT2D eigenvalue weighted by Crippen LogP contribution is 2.21. The fourth-order valence-corrected chi connectivity index (χ4v) is 0.906. The molecule has 0 rings (SSSR count). The van der Waals surface area contributed by atoms with E-state index in [1.165, 1.54) is 0 Å². The highest BCUT2D eigenvalue weighted by atomic mass is 16.4. The van der Waals surface area contributed by atoms with E-state index in [2.05, 4.69) is 20.8 Å². The van der Waals surface area contributed by atoms with Gasteiger partial charge >= 0.3 is 5.97 Å². The molecule has 0 radical (unpaired) electrons. The van der Waals surface area contributed by atoms with Crippen molar-refractivity contribution in [1.82, 2.24) is 0 Å². The highest BCUT2D eigenvalue weighted by molar-refractivity contribution is 5.66. The van der Waals surface area contributed by atoms with E-state index >= 15 is 0 Å². The van der Waals surface area contributed by atoms with Crippen LogP contribution < -0.4 is 5.73 Å². The zero-order valence-corrected chi connectivity index (χ0v) is 8.13. The van der Waals surface area contributed by atoms with Gasteiger partial charge in [0.15, 0.2) is 0 Å². The van der Waals surface area contributed by atoms with Crippen LogP contribution in [0.25, 0.3) is 0 Å². The first-order valence-electron chi connectivity index (χ1n) is 4.31. The number of carbonyl (C=O) groups is 1. The maximum absolute atomic E-state index is 10.2. The van der Waals surface area contributed by atoms with E-state index in [1.807, 2.05) is 0 Å². The van der Waals surface area contributed by atoms with Gasteiger partial charge in [-0.05, 0) is 18.3 Å². The third kappa shape index (κ3) is 5.13. The van der Waals surface area contributed by atoms with Crippen LogP contribution in [0.4, 0.5) is 0 Å². The SMILES string of the molecule is CC(C)(C)C(N)CCCC(=O)O. The van der Waals surface area contributed by atoms with Crippen molar-refractivity contribution in [2.75, 3.05) is 0 Å². The summed E-state index contributed by atoms with van der Waals surface area (Å²) >= 11 is 0. The van der Waals surface area contributed by atoms with Gasteiger partial charge < -0.3 is 10.8 Å². The summed E-state index contributed by atoms with van der Waals surface area (Å²) in [6, 6.07) is 0.0943. The number of nitrogens with two attached hydrogens (primary N) is 1. The van der Waals surface area contributed by atoms with Gasteiger partial charge in [-0.2, -0.15) is 0 Å². The molecule has 1 unspecified atom stereocenters. The predicted molar refractivity (Wildman–Crippen MR) is 48.9 cm³/mol. The molecule has 1 atom stereocenters. The van der Waals surface area contributed by atoms with Crippen molar-refractivity contribution in [2.24, 2.45) is 11.1 Å². The topological polar surface area (TPSA) is 63.3 Å². The minimum atomic E-state index is -0.740. The molecule has 3 N–H and O–H groups in total. The van der Waals surface area contributed by atoms with Gasteiger partial charge in [0.25, 0.3) is 0 Å². The number of hydrogen-bond acceptors (Lipinski definition) is 2. The van der Waals surface area contributed by atoms with E-state index in [4.69, 9.17) is 10.8 Å². The molecule has 0 bridgehead atoms. The first-order valence-corrected chi connectivity index (χ1v) is 4.31. The van der Waals surface area contributed by atoms with E-state index in [-0.39, 0.29) is 17.9 Å². The van der Waals surface area contributed by atoms with Crippen molar-refractivity contribution in [1.29, 1.82) is 0 Å². The van der Waals surface area contributed by atoms with Crippen LogP contribution in [-0.2, 0) is 4.79 Å². The summed E-state index contributed by atoms with van der Waals surface area (Å²) in [6.45, 7) is 6.20. The number of carboxylic acid groups (broad SMARTS) is 1. The van der Waals surface area contributed by atoms with E-state index in [9.17, 15) is 4.79 Å². The first kappa shape index (κ1) is 11.4.